The normalized spacial score (nSPS) is 21.3. The van der Waals surface area contributed by atoms with Crippen molar-refractivity contribution in [1.29, 1.82) is 0 Å². The third-order valence-corrected chi connectivity index (χ3v) is 4.35. The van der Waals surface area contributed by atoms with Crippen molar-refractivity contribution in [2.75, 3.05) is 27.2 Å². The Morgan fingerprint density at radius 2 is 2.10 bits per heavy atom. The first-order chi connectivity index (χ1) is 10.1. The van der Waals surface area contributed by atoms with E-state index >= 15 is 0 Å². The molecule has 1 saturated heterocycles. The van der Waals surface area contributed by atoms with E-state index in [0.717, 1.165) is 43.7 Å². The highest BCUT2D eigenvalue weighted by molar-refractivity contribution is 5.83. The molecule has 1 N–H and O–H groups in total. The Bertz CT molecular complexity index is 464. The summed E-state index contributed by atoms with van der Waals surface area (Å²) in [5.41, 5.74) is 0.930. The summed E-state index contributed by atoms with van der Waals surface area (Å²) < 4.78 is 5.16. The lowest BCUT2D eigenvalue weighted by Gasteiger charge is -2.31. The van der Waals surface area contributed by atoms with Crippen molar-refractivity contribution in [2.45, 2.75) is 32.7 Å². The average Bonchev–Trinajstić information content (AvgIpc) is 2.97. The van der Waals surface area contributed by atoms with Crippen LogP contribution >= 0.6 is 0 Å². The molecule has 1 atom stereocenters. The van der Waals surface area contributed by atoms with Gasteiger partial charge in [-0.05, 0) is 37.1 Å². The van der Waals surface area contributed by atoms with Crippen LogP contribution in [0.2, 0.25) is 0 Å². The zero-order chi connectivity index (χ0) is 15.3. The Kier molecular flexibility index (Phi) is 5.23. The average molecular weight is 290 g/mol. The molecule has 0 saturated carbocycles. The van der Waals surface area contributed by atoms with E-state index in [1.165, 1.54) is 0 Å². The first kappa shape index (κ1) is 15.8. The van der Waals surface area contributed by atoms with Crippen LogP contribution in [0.4, 0.5) is 0 Å². The molecule has 1 fully saturated rings. The molecule has 0 spiro atoms. The van der Waals surface area contributed by atoms with Gasteiger partial charge in [0.25, 0.3) is 0 Å². The second kappa shape index (κ2) is 6.94. The fraction of sp³-hybridized carbons (Fsp3) is 0.588. The molecule has 1 unspecified atom stereocenters. The van der Waals surface area contributed by atoms with Crippen LogP contribution in [0.5, 0.6) is 5.75 Å². The predicted octanol–water partition coefficient (Wildman–Crippen LogP) is 2.43. The summed E-state index contributed by atoms with van der Waals surface area (Å²) in [5.74, 6) is 1.11. The van der Waals surface area contributed by atoms with Crippen molar-refractivity contribution >= 4 is 5.91 Å². The number of nitrogens with one attached hydrogen (secondary N) is 1. The molecule has 4 nitrogen and oxygen atoms in total. The van der Waals surface area contributed by atoms with Gasteiger partial charge in [0.1, 0.15) is 5.75 Å². The van der Waals surface area contributed by atoms with E-state index in [4.69, 9.17) is 4.74 Å². The van der Waals surface area contributed by atoms with E-state index in [2.05, 4.69) is 12.2 Å². The van der Waals surface area contributed by atoms with Crippen LogP contribution in [-0.4, -0.2) is 38.1 Å². The second-order valence-electron chi connectivity index (χ2n) is 5.97. The molecular formula is C17H26N2O2. The van der Waals surface area contributed by atoms with Gasteiger partial charge in [0.15, 0.2) is 0 Å². The monoisotopic (exact) mass is 290 g/mol. The molecule has 0 aromatic heterocycles. The Morgan fingerprint density at radius 3 is 2.62 bits per heavy atom. The number of carbonyl (C=O) groups is 1. The molecule has 116 valence electrons. The number of methoxy groups -OCH3 is 1. The minimum Gasteiger partial charge on any atom is -0.497 e. The van der Waals surface area contributed by atoms with Gasteiger partial charge < -0.3 is 15.0 Å². The van der Waals surface area contributed by atoms with Crippen LogP contribution in [0.25, 0.3) is 0 Å². The Labute approximate surface area is 127 Å². The van der Waals surface area contributed by atoms with Gasteiger partial charge in [0, 0.05) is 20.1 Å². The zero-order valence-electron chi connectivity index (χ0n) is 13.3. The third-order valence-electron chi connectivity index (χ3n) is 4.35. The summed E-state index contributed by atoms with van der Waals surface area (Å²) in [6.45, 7) is 4.56. The molecule has 1 aliphatic rings. The third kappa shape index (κ3) is 3.56. The fourth-order valence-electron chi connectivity index (χ4n) is 3.21. The highest BCUT2D eigenvalue weighted by Crippen LogP contribution is 2.33. The highest BCUT2D eigenvalue weighted by atomic mass is 16.5. The maximum atomic E-state index is 12.8. The number of ether oxygens (including phenoxy) is 1. The molecule has 1 heterocycles. The number of benzene rings is 1. The molecule has 0 aliphatic carbocycles. The molecule has 2 rings (SSSR count). The SMILES string of the molecule is CCCC1(C(=O)N(C)Cc2ccc(OC)cc2)CCNC1. The van der Waals surface area contributed by atoms with Gasteiger partial charge in [-0.15, -0.1) is 0 Å². The summed E-state index contributed by atoms with van der Waals surface area (Å²) >= 11 is 0. The van der Waals surface area contributed by atoms with Crippen LogP contribution in [0.15, 0.2) is 24.3 Å². The lowest BCUT2D eigenvalue weighted by Crippen LogP contribution is -2.43. The number of rotatable bonds is 6. The Balaban J connectivity index is 2.03. The van der Waals surface area contributed by atoms with E-state index < -0.39 is 0 Å². The number of hydrogen-bond acceptors (Lipinski definition) is 3. The highest BCUT2D eigenvalue weighted by Gasteiger charge is 2.41. The number of carbonyl (C=O) groups excluding carboxylic acids is 1. The van der Waals surface area contributed by atoms with E-state index in [9.17, 15) is 4.79 Å². The zero-order valence-corrected chi connectivity index (χ0v) is 13.3. The van der Waals surface area contributed by atoms with Gasteiger partial charge in [0.05, 0.1) is 12.5 Å². The van der Waals surface area contributed by atoms with Gasteiger partial charge >= 0.3 is 0 Å². The first-order valence-corrected chi connectivity index (χ1v) is 7.70. The molecule has 1 aromatic rings. The number of amides is 1. The summed E-state index contributed by atoms with van der Waals surface area (Å²) in [6.07, 6.45) is 2.96. The van der Waals surface area contributed by atoms with Gasteiger partial charge in [-0.1, -0.05) is 25.5 Å². The lowest BCUT2D eigenvalue weighted by molar-refractivity contribution is -0.140. The molecule has 0 radical (unpaired) electrons. The van der Waals surface area contributed by atoms with Gasteiger partial charge in [0.2, 0.25) is 5.91 Å². The van der Waals surface area contributed by atoms with Crippen molar-refractivity contribution in [2.24, 2.45) is 5.41 Å². The molecule has 4 heteroatoms. The maximum Gasteiger partial charge on any atom is 0.230 e. The smallest absolute Gasteiger partial charge is 0.230 e. The number of hydrogen-bond donors (Lipinski definition) is 1. The van der Waals surface area contributed by atoms with Crippen molar-refractivity contribution in [3.63, 3.8) is 0 Å². The lowest BCUT2D eigenvalue weighted by atomic mass is 9.81. The molecule has 1 amide bonds. The van der Waals surface area contributed by atoms with Gasteiger partial charge in [-0.25, -0.2) is 0 Å². The van der Waals surface area contributed by atoms with Crippen LogP contribution in [0.1, 0.15) is 31.7 Å². The maximum absolute atomic E-state index is 12.8. The minimum atomic E-state index is -0.198. The van der Waals surface area contributed by atoms with E-state index in [1.807, 2.05) is 36.2 Å². The quantitative estimate of drug-likeness (QED) is 0.875. The van der Waals surface area contributed by atoms with Crippen molar-refractivity contribution < 1.29 is 9.53 Å². The molecule has 0 bridgehead atoms. The van der Waals surface area contributed by atoms with Gasteiger partial charge in [-0.3, -0.25) is 4.79 Å². The summed E-state index contributed by atoms with van der Waals surface area (Å²) in [7, 11) is 3.56. The Morgan fingerprint density at radius 1 is 1.38 bits per heavy atom. The van der Waals surface area contributed by atoms with Gasteiger partial charge in [-0.2, -0.15) is 0 Å². The predicted molar refractivity (Wildman–Crippen MR) is 84.3 cm³/mol. The standard InChI is InChI=1S/C17H26N2O2/c1-4-9-17(10-11-18-13-17)16(20)19(2)12-14-5-7-15(21-3)8-6-14/h5-8,18H,4,9-13H2,1-3H3. The van der Waals surface area contributed by atoms with E-state index in [0.29, 0.717) is 6.54 Å². The van der Waals surface area contributed by atoms with Crippen molar-refractivity contribution in [3.8, 4) is 5.75 Å². The van der Waals surface area contributed by atoms with Crippen LogP contribution in [0.3, 0.4) is 0 Å². The topological polar surface area (TPSA) is 41.6 Å². The van der Waals surface area contributed by atoms with Crippen molar-refractivity contribution in [1.82, 2.24) is 10.2 Å². The number of nitrogens with zero attached hydrogens (tertiary/aromatic N) is 1. The largest absolute Gasteiger partial charge is 0.497 e. The molecule has 1 aromatic carbocycles. The first-order valence-electron chi connectivity index (χ1n) is 7.70. The summed E-state index contributed by atoms with van der Waals surface area (Å²) in [6, 6.07) is 7.91. The molecule has 21 heavy (non-hydrogen) atoms. The van der Waals surface area contributed by atoms with Crippen LogP contribution < -0.4 is 10.1 Å². The fourth-order valence-corrected chi connectivity index (χ4v) is 3.21. The Hall–Kier alpha value is -1.55. The summed E-state index contributed by atoms with van der Waals surface area (Å²) in [5, 5.41) is 3.35. The van der Waals surface area contributed by atoms with E-state index in [1.54, 1.807) is 7.11 Å². The van der Waals surface area contributed by atoms with Crippen LogP contribution in [-0.2, 0) is 11.3 Å². The van der Waals surface area contributed by atoms with Crippen molar-refractivity contribution in [3.05, 3.63) is 29.8 Å². The second-order valence-corrected chi connectivity index (χ2v) is 5.97. The molecule has 1 aliphatic heterocycles. The minimum absolute atomic E-state index is 0.198. The van der Waals surface area contributed by atoms with Crippen LogP contribution in [0, 0.1) is 5.41 Å². The summed E-state index contributed by atoms with van der Waals surface area (Å²) in [4.78, 5) is 14.7. The van der Waals surface area contributed by atoms with E-state index in [-0.39, 0.29) is 11.3 Å². The molecular weight excluding hydrogens is 264 g/mol.